The zero-order chi connectivity index (χ0) is 14.0. The summed E-state index contributed by atoms with van der Waals surface area (Å²) in [5, 5.41) is 0. The molecule has 0 saturated heterocycles. The molecule has 5 heteroatoms. The summed E-state index contributed by atoms with van der Waals surface area (Å²) in [7, 11) is 3.55. The molecule has 0 fully saturated rings. The van der Waals surface area contributed by atoms with Gasteiger partial charge in [-0.3, -0.25) is 0 Å². The Balaban J connectivity index is 2.29. The van der Waals surface area contributed by atoms with Crippen molar-refractivity contribution >= 4 is 11.7 Å². The van der Waals surface area contributed by atoms with E-state index in [1.54, 1.807) is 14.0 Å². The second-order valence-electron chi connectivity index (χ2n) is 4.53. The molecule has 1 aromatic rings. The lowest BCUT2D eigenvalue weighted by Gasteiger charge is -2.33. The largest absolute Gasteiger partial charge is 0.496 e. The van der Waals surface area contributed by atoms with Gasteiger partial charge < -0.3 is 19.1 Å². The molecule has 0 aliphatic carbocycles. The Morgan fingerprint density at radius 1 is 1.53 bits per heavy atom. The smallest absolute Gasteiger partial charge is 0.349 e. The number of methoxy groups -OCH3 is 1. The van der Waals surface area contributed by atoms with E-state index in [1.807, 2.05) is 31.0 Å². The van der Waals surface area contributed by atoms with E-state index in [9.17, 15) is 4.79 Å². The normalized spacial score (nSPS) is 17.5. The second-order valence-corrected chi connectivity index (χ2v) is 4.53. The topological polar surface area (TPSA) is 48.0 Å². The molecule has 0 N–H and O–H groups in total. The molecule has 0 saturated carbocycles. The molecule has 1 aliphatic heterocycles. The van der Waals surface area contributed by atoms with E-state index in [0.29, 0.717) is 18.9 Å². The van der Waals surface area contributed by atoms with E-state index in [2.05, 4.69) is 0 Å². The molecule has 1 aromatic carbocycles. The fourth-order valence-electron chi connectivity index (χ4n) is 2.16. The summed E-state index contributed by atoms with van der Waals surface area (Å²) in [6.45, 7) is 4.60. The van der Waals surface area contributed by atoms with E-state index in [4.69, 9.17) is 14.2 Å². The molecule has 1 unspecified atom stereocenters. The van der Waals surface area contributed by atoms with E-state index in [1.165, 1.54) is 0 Å². The highest BCUT2D eigenvalue weighted by molar-refractivity contribution is 5.78. The molecule has 1 heterocycles. The Labute approximate surface area is 113 Å². The maximum atomic E-state index is 11.8. The van der Waals surface area contributed by atoms with E-state index in [-0.39, 0.29) is 5.97 Å². The van der Waals surface area contributed by atoms with Crippen molar-refractivity contribution in [2.24, 2.45) is 0 Å². The van der Waals surface area contributed by atoms with Crippen LogP contribution in [0.5, 0.6) is 11.5 Å². The molecule has 0 bridgehead atoms. The number of benzene rings is 1. The van der Waals surface area contributed by atoms with Crippen molar-refractivity contribution < 1.29 is 19.0 Å². The van der Waals surface area contributed by atoms with Crippen molar-refractivity contribution in [2.75, 3.05) is 32.2 Å². The Bertz CT molecular complexity index is 487. The van der Waals surface area contributed by atoms with Crippen molar-refractivity contribution in [3.8, 4) is 11.5 Å². The Hall–Kier alpha value is -1.91. The molecule has 0 spiro atoms. The minimum Gasteiger partial charge on any atom is -0.496 e. The maximum absolute atomic E-state index is 11.8. The van der Waals surface area contributed by atoms with Crippen LogP contribution in [-0.2, 0) is 9.53 Å². The van der Waals surface area contributed by atoms with Gasteiger partial charge in [0.05, 0.1) is 25.9 Å². The highest BCUT2D eigenvalue weighted by Crippen LogP contribution is 2.38. The number of rotatable bonds is 3. The highest BCUT2D eigenvalue weighted by Gasteiger charge is 2.30. The predicted molar refractivity (Wildman–Crippen MR) is 72.1 cm³/mol. The number of aryl methyl sites for hydroxylation is 1. The van der Waals surface area contributed by atoms with Crippen molar-refractivity contribution in [1.29, 1.82) is 0 Å². The lowest BCUT2D eigenvalue weighted by atomic mass is 10.1. The first-order valence-corrected chi connectivity index (χ1v) is 6.29. The van der Waals surface area contributed by atoms with E-state index >= 15 is 0 Å². The molecule has 104 valence electrons. The third-order valence-electron chi connectivity index (χ3n) is 3.15. The summed E-state index contributed by atoms with van der Waals surface area (Å²) in [6, 6.07) is 3.81. The van der Waals surface area contributed by atoms with Crippen LogP contribution in [0, 0.1) is 6.92 Å². The fraction of sp³-hybridized carbons (Fsp3) is 0.500. The summed E-state index contributed by atoms with van der Waals surface area (Å²) >= 11 is 0. The van der Waals surface area contributed by atoms with E-state index in [0.717, 1.165) is 17.0 Å². The lowest BCUT2D eigenvalue weighted by molar-refractivity contribution is -0.151. The van der Waals surface area contributed by atoms with Gasteiger partial charge in [-0.25, -0.2) is 4.79 Å². The quantitative estimate of drug-likeness (QED) is 0.779. The zero-order valence-corrected chi connectivity index (χ0v) is 11.7. The van der Waals surface area contributed by atoms with Gasteiger partial charge in [0.2, 0.25) is 6.10 Å². The van der Waals surface area contributed by atoms with Gasteiger partial charge in [-0.2, -0.15) is 0 Å². The van der Waals surface area contributed by atoms with Crippen molar-refractivity contribution in [2.45, 2.75) is 20.0 Å². The number of fused-ring (bicyclic) bond motifs is 1. The highest BCUT2D eigenvalue weighted by atomic mass is 16.6. The Morgan fingerprint density at radius 3 is 2.89 bits per heavy atom. The number of esters is 1. The zero-order valence-electron chi connectivity index (χ0n) is 11.7. The summed E-state index contributed by atoms with van der Waals surface area (Å²) in [5.74, 6) is 1.06. The molecule has 0 amide bonds. The number of anilines is 1. The van der Waals surface area contributed by atoms with Gasteiger partial charge in [0.25, 0.3) is 0 Å². The van der Waals surface area contributed by atoms with Crippen LogP contribution in [0.25, 0.3) is 0 Å². The monoisotopic (exact) mass is 265 g/mol. The van der Waals surface area contributed by atoms with Crippen LogP contribution in [0.1, 0.15) is 12.5 Å². The Morgan fingerprint density at radius 2 is 2.26 bits per heavy atom. The van der Waals surface area contributed by atoms with Crippen LogP contribution >= 0.6 is 0 Å². The molecule has 1 atom stereocenters. The van der Waals surface area contributed by atoms with Crippen LogP contribution in [0.4, 0.5) is 5.69 Å². The summed E-state index contributed by atoms with van der Waals surface area (Å²) in [4.78, 5) is 13.8. The molecular formula is C14H19NO4. The molecule has 19 heavy (non-hydrogen) atoms. The molecular weight excluding hydrogens is 246 g/mol. The molecule has 0 radical (unpaired) electrons. The minimum absolute atomic E-state index is 0.334. The van der Waals surface area contributed by atoms with Crippen LogP contribution in [0.2, 0.25) is 0 Å². The van der Waals surface area contributed by atoms with Gasteiger partial charge in [0.1, 0.15) is 11.5 Å². The third kappa shape index (κ3) is 2.59. The molecule has 0 aromatic heterocycles. The number of ether oxygens (including phenoxy) is 3. The lowest BCUT2D eigenvalue weighted by Crippen LogP contribution is -2.43. The number of hydrogen-bond acceptors (Lipinski definition) is 5. The second kappa shape index (κ2) is 5.38. The van der Waals surface area contributed by atoms with Gasteiger partial charge in [0, 0.05) is 13.1 Å². The molecule has 5 nitrogen and oxygen atoms in total. The van der Waals surface area contributed by atoms with Gasteiger partial charge in [-0.15, -0.1) is 0 Å². The number of hydrogen-bond donors (Lipinski definition) is 0. The van der Waals surface area contributed by atoms with Crippen molar-refractivity contribution in [1.82, 2.24) is 0 Å². The summed E-state index contributed by atoms with van der Waals surface area (Å²) in [6.07, 6.45) is -0.593. The van der Waals surface area contributed by atoms with Crippen LogP contribution in [-0.4, -0.2) is 39.4 Å². The third-order valence-corrected chi connectivity index (χ3v) is 3.15. The van der Waals surface area contributed by atoms with E-state index < -0.39 is 6.10 Å². The molecule has 2 rings (SSSR count). The number of carbonyl (C=O) groups excluding carboxylic acids is 1. The van der Waals surface area contributed by atoms with Crippen LogP contribution in [0.3, 0.4) is 0 Å². The first-order chi connectivity index (χ1) is 9.06. The van der Waals surface area contributed by atoms with Gasteiger partial charge >= 0.3 is 5.97 Å². The average Bonchev–Trinajstić information content (AvgIpc) is 2.39. The van der Waals surface area contributed by atoms with Crippen LogP contribution in [0.15, 0.2) is 12.1 Å². The number of carbonyl (C=O) groups is 1. The maximum Gasteiger partial charge on any atom is 0.349 e. The standard InChI is InChI=1S/C14H19NO4/c1-5-18-14(16)13-8-15(3)10-6-9(2)11(17-4)7-12(10)19-13/h6-7,13H,5,8H2,1-4H3. The van der Waals surface area contributed by atoms with Crippen molar-refractivity contribution in [3.05, 3.63) is 17.7 Å². The minimum atomic E-state index is -0.593. The predicted octanol–water partition coefficient (Wildman–Crippen LogP) is 1.76. The average molecular weight is 265 g/mol. The molecule has 1 aliphatic rings. The van der Waals surface area contributed by atoms with Gasteiger partial charge in [0.15, 0.2) is 0 Å². The fourth-order valence-corrected chi connectivity index (χ4v) is 2.16. The summed E-state index contributed by atoms with van der Waals surface area (Å²) < 4.78 is 16.0. The Kier molecular flexibility index (Phi) is 3.83. The number of nitrogens with zero attached hydrogens (tertiary/aromatic N) is 1. The number of likely N-dealkylation sites (N-methyl/N-ethyl adjacent to an activating group) is 1. The first-order valence-electron chi connectivity index (χ1n) is 6.29. The SMILES string of the molecule is CCOC(=O)C1CN(C)c2cc(C)c(OC)cc2O1. The van der Waals surface area contributed by atoms with Crippen LogP contribution < -0.4 is 14.4 Å². The van der Waals surface area contributed by atoms with Gasteiger partial charge in [-0.1, -0.05) is 0 Å². The van der Waals surface area contributed by atoms with Gasteiger partial charge in [-0.05, 0) is 25.5 Å². The van der Waals surface area contributed by atoms with Crippen molar-refractivity contribution in [3.63, 3.8) is 0 Å². The summed E-state index contributed by atoms with van der Waals surface area (Å²) in [5.41, 5.74) is 1.99. The first kappa shape index (κ1) is 13.5.